The van der Waals surface area contributed by atoms with E-state index in [1.165, 1.54) is 10.9 Å². The molecule has 0 radical (unpaired) electrons. The number of carbonyl (C=O) groups is 1. The quantitative estimate of drug-likeness (QED) is 0.580. The fourth-order valence-corrected chi connectivity index (χ4v) is 4.30. The van der Waals surface area contributed by atoms with E-state index in [4.69, 9.17) is 0 Å². The van der Waals surface area contributed by atoms with E-state index >= 15 is 0 Å². The zero-order valence-corrected chi connectivity index (χ0v) is 17.7. The molecule has 0 N–H and O–H groups in total. The topological polar surface area (TPSA) is 63.9 Å². The third-order valence-electron chi connectivity index (χ3n) is 5.99. The molecule has 2 atom stereocenters. The Morgan fingerprint density at radius 1 is 1.12 bits per heavy atom. The SMILES string of the molecule is C[C@@H]1CCCN(C(=O)c2ccccc2-n2nccn2)[C@@H]1CCc1ccc(C(F)(F)F)cn1. The molecule has 0 unspecified atom stereocenters. The molecule has 168 valence electrons. The van der Waals surface area contributed by atoms with Gasteiger partial charge in [0.15, 0.2) is 0 Å². The van der Waals surface area contributed by atoms with Crippen molar-refractivity contribution >= 4 is 5.91 Å². The Labute approximate surface area is 184 Å². The molecule has 3 heterocycles. The maximum atomic E-state index is 13.6. The molecule has 0 aliphatic carbocycles. The van der Waals surface area contributed by atoms with Gasteiger partial charge in [0.1, 0.15) is 0 Å². The van der Waals surface area contributed by atoms with E-state index < -0.39 is 11.7 Å². The van der Waals surface area contributed by atoms with E-state index in [-0.39, 0.29) is 17.9 Å². The summed E-state index contributed by atoms with van der Waals surface area (Å²) in [7, 11) is 0. The van der Waals surface area contributed by atoms with Crippen molar-refractivity contribution in [1.82, 2.24) is 24.9 Å². The number of rotatable bonds is 5. The lowest BCUT2D eigenvalue weighted by Gasteiger charge is -2.40. The van der Waals surface area contributed by atoms with Gasteiger partial charge in [0.2, 0.25) is 0 Å². The molecule has 1 amide bonds. The number of hydrogen-bond acceptors (Lipinski definition) is 4. The van der Waals surface area contributed by atoms with Gasteiger partial charge in [-0.05, 0) is 55.9 Å². The fraction of sp³-hybridized carbons (Fsp3) is 0.391. The predicted octanol–water partition coefficient (Wildman–Crippen LogP) is 4.55. The average molecular weight is 443 g/mol. The Morgan fingerprint density at radius 2 is 1.88 bits per heavy atom. The van der Waals surface area contributed by atoms with Crippen LogP contribution in [0.4, 0.5) is 13.2 Å². The van der Waals surface area contributed by atoms with Crippen molar-refractivity contribution in [2.45, 2.75) is 44.8 Å². The fourth-order valence-electron chi connectivity index (χ4n) is 4.30. The number of para-hydroxylation sites is 1. The monoisotopic (exact) mass is 443 g/mol. The number of amides is 1. The number of alkyl halides is 3. The first-order valence-electron chi connectivity index (χ1n) is 10.6. The summed E-state index contributed by atoms with van der Waals surface area (Å²) in [6.45, 7) is 2.75. The largest absolute Gasteiger partial charge is 0.417 e. The molecule has 2 aromatic heterocycles. The summed E-state index contributed by atoms with van der Waals surface area (Å²) in [5.41, 5.74) is 0.969. The third kappa shape index (κ3) is 4.66. The first kappa shape index (κ1) is 22.0. The number of likely N-dealkylation sites (tertiary alicyclic amines) is 1. The van der Waals surface area contributed by atoms with Gasteiger partial charge in [-0.1, -0.05) is 19.1 Å². The number of aryl methyl sites for hydroxylation is 1. The third-order valence-corrected chi connectivity index (χ3v) is 5.99. The molecule has 0 saturated carbocycles. The van der Waals surface area contributed by atoms with Crippen molar-refractivity contribution in [1.29, 1.82) is 0 Å². The molecule has 1 fully saturated rings. The van der Waals surface area contributed by atoms with Crippen LogP contribution in [0.25, 0.3) is 5.69 Å². The maximum Gasteiger partial charge on any atom is 0.417 e. The van der Waals surface area contributed by atoms with Gasteiger partial charge < -0.3 is 4.90 Å². The van der Waals surface area contributed by atoms with E-state index in [0.29, 0.717) is 36.3 Å². The summed E-state index contributed by atoms with van der Waals surface area (Å²) < 4.78 is 38.4. The first-order valence-corrected chi connectivity index (χ1v) is 10.6. The molecule has 0 spiro atoms. The van der Waals surface area contributed by atoms with Gasteiger partial charge in [0.25, 0.3) is 5.91 Å². The number of nitrogens with zero attached hydrogens (tertiary/aromatic N) is 5. The lowest BCUT2D eigenvalue weighted by molar-refractivity contribution is -0.137. The second-order valence-corrected chi connectivity index (χ2v) is 8.10. The highest BCUT2D eigenvalue weighted by atomic mass is 19.4. The van der Waals surface area contributed by atoms with Crippen molar-refractivity contribution in [2.75, 3.05) is 6.54 Å². The molecule has 32 heavy (non-hydrogen) atoms. The van der Waals surface area contributed by atoms with Gasteiger partial charge >= 0.3 is 6.18 Å². The van der Waals surface area contributed by atoms with E-state index in [0.717, 1.165) is 25.1 Å². The minimum Gasteiger partial charge on any atom is -0.335 e. The van der Waals surface area contributed by atoms with E-state index in [2.05, 4.69) is 22.1 Å². The van der Waals surface area contributed by atoms with Crippen molar-refractivity contribution in [3.8, 4) is 5.69 Å². The summed E-state index contributed by atoms with van der Waals surface area (Å²) >= 11 is 0. The second-order valence-electron chi connectivity index (χ2n) is 8.10. The number of hydrogen-bond donors (Lipinski definition) is 0. The van der Waals surface area contributed by atoms with Gasteiger partial charge in [0.05, 0.1) is 29.2 Å². The van der Waals surface area contributed by atoms with Crippen LogP contribution in [0.5, 0.6) is 0 Å². The van der Waals surface area contributed by atoms with Crippen molar-refractivity contribution in [3.63, 3.8) is 0 Å². The second kappa shape index (κ2) is 9.10. The Hall–Kier alpha value is -3.23. The molecule has 0 bridgehead atoms. The standard InChI is InChI=1S/C23H24F3N5O/c1-16-5-4-14-30(20(16)11-10-18-9-8-17(15-27-18)23(24,25)26)22(32)19-6-2-3-7-21(19)31-28-12-13-29-31/h2-3,6-9,12-13,15-16,20H,4-5,10-11,14H2,1H3/t16-,20-/m1/s1. The highest BCUT2D eigenvalue weighted by molar-refractivity contribution is 5.98. The number of pyridine rings is 1. The normalized spacial score (nSPS) is 19.2. The zero-order valence-electron chi connectivity index (χ0n) is 17.7. The molecule has 4 rings (SSSR count). The summed E-state index contributed by atoms with van der Waals surface area (Å²) in [4.78, 5) is 20.9. The van der Waals surface area contributed by atoms with Crippen LogP contribution in [0.3, 0.4) is 0 Å². The number of aromatic nitrogens is 4. The molecule has 3 aromatic rings. The van der Waals surface area contributed by atoms with Crippen LogP contribution in [0.1, 0.15) is 47.8 Å². The number of piperidine rings is 1. The summed E-state index contributed by atoms with van der Waals surface area (Å²) in [6, 6.07) is 9.68. The van der Waals surface area contributed by atoms with Crippen LogP contribution >= 0.6 is 0 Å². The Balaban J connectivity index is 1.53. The van der Waals surface area contributed by atoms with Crippen LogP contribution in [0.2, 0.25) is 0 Å². The summed E-state index contributed by atoms with van der Waals surface area (Å²) in [5, 5.41) is 8.31. The Bertz CT molecular complexity index is 1050. The summed E-state index contributed by atoms with van der Waals surface area (Å²) in [6.07, 6.45) is 2.63. The van der Waals surface area contributed by atoms with Gasteiger partial charge in [0, 0.05) is 24.5 Å². The lowest BCUT2D eigenvalue weighted by Crippen LogP contribution is -2.48. The highest BCUT2D eigenvalue weighted by Gasteiger charge is 2.34. The minimum absolute atomic E-state index is 0.0287. The van der Waals surface area contributed by atoms with Gasteiger partial charge in [-0.25, -0.2) is 0 Å². The molecule has 1 aliphatic rings. The predicted molar refractivity (Wildman–Crippen MR) is 112 cm³/mol. The van der Waals surface area contributed by atoms with Gasteiger partial charge in [-0.2, -0.15) is 28.2 Å². The molecule has 6 nitrogen and oxygen atoms in total. The lowest BCUT2D eigenvalue weighted by atomic mass is 9.87. The summed E-state index contributed by atoms with van der Waals surface area (Å²) in [5.74, 6) is 0.187. The first-order chi connectivity index (χ1) is 15.3. The molecule has 9 heteroatoms. The smallest absolute Gasteiger partial charge is 0.335 e. The number of benzene rings is 1. The zero-order chi connectivity index (χ0) is 22.7. The number of carbonyl (C=O) groups excluding carboxylic acids is 1. The van der Waals surface area contributed by atoms with E-state index in [1.807, 2.05) is 23.1 Å². The van der Waals surface area contributed by atoms with E-state index in [9.17, 15) is 18.0 Å². The van der Waals surface area contributed by atoms with Crippen molar-refractivity contribution in [2.24, 2.45) is 5.92 Å². The molecule has 1 aliphatic heterocycles. The maximum absolute atomic E-state index is 13.6. The Morgan fingerprint density at radius 3 is 2.56 bits per heavy atom. The van der Waals surface area contributed by atoms with Crippen LogP contribution < -0.4 is 0 Å². The van der Waals surface area contributed by atoms with Crippen molar-refractivity contribution < 1.29 is 18.0 Å². The average Bonchev–Trinajstić information content (AvgIpc) is 3.32. The number of halogens is 3. The van der Waals surface area contributed by atoms with E-state index in [1.54, 1.807) is 18.5 Å². The van der Waals surface area contributed by atoms with Crippen molar-refractivity contribution in [3.05, 3.63) is 71.8 Å². The Kier molecular flexibility index (Phi) is 6.25. The van der Waals surface area contributed by atoms with Gasteiger partial charge in [-0.3, -0.25) is 9.78 Å². The molecule has 1 saturated heterocycles. The van der Waals surface area contributed by atoms with Crippen LogP contribution in [0.15, 0.2) is 55.0 Å². The van der Waals surface area contributed by atoms with Crippen LogP contribution in [-0.4, -0.2) is 43.4 Å². The van der Waals surface area contributed by atoms with Gasteiger partial charge in [-0.15, -0.1) is 0 Å². The molecule has 1 aromatic carbocycles. The van der Waals surface area contributed by atoms with Crippen LogP contribution in [-0.2, 0) is 12.6 Å². The van der Waals surface area contributed by atoms with Crippen LogP contribution in [0, 0.1) is 5.92 Å². The highest BCUT2D eigenvalue weighted by Crippen LogP contribution is 2.31. The molecular formula is C23H24F3N5O. The minimum atomic E-state index is -4.40. The molecular weight excluding hydrogens is 419 g/mol.